The highest BCUT2D eigenvalue weighted by Gasteiger charge is 2.17. The lowest BCUT2D eigenvalue weighted by Gasteiger charge is -2.26. The number of nitrogens with one attached hydrogen (secondary N) is 2. The van der Waals surface area contributed by atoms with Crippen molar-refractivity contribution in [3.8, 4) is 23.0 Å². The van der Waals surface area contributed by atoms with Crippen molar-refractivity contribution in [2.45, 2.75) is 39.5 Å². The second-order valence-electron chi connectivity index (χ2n) is 10.8. The third kappa shape index (κ3) is 7.95. The zero-order valence-corrected chi connectivity index (χ0v) is 23.5. The Hall–Kier alpha value is -3.63. The number of ether oxygens (including phenoxy) is 3. The molecule has 2 aromatic carbocycles. The minimum absolute atomic E-state index is 0.0136. The van der Waals surface area contributed by atoms with Crippen LogP contribution in [0.5, 0.6) is 23.0 Å². The Bertz CT molecular complexity index is 1300. The molecule has 3 N–H and O–H groups in total. The average Bonchev–Trinajstić information content (AvgIpc) is 2.95. The monoisotopic (exact) mass is 554 g/mol. The van der Waals surface area contributed by atoms with Gasteiger partial charge in [-0.15, -0.1) is 0 Å². The predicted octanol–water partition coefficient (Wildman–Crippen LogP) is 5.57. The molecule has 216 valence electrons. The fraction of sp³-hybridized carbons (Fsp3) is 0.467. The Morgan fingerprint density at radius 3 is 2.62 bits per heavy atom. The zero-order valence-electron chi connectivity index (χ0n) is 23.5. The van der Waals surface area contributed by atoms with Crippen LogP contribution in [0.15, 0.2) is 42.6 Å². The highest BCUT2D eigenvalue weighted by molar-refractivity contribution is 5.90. The first kappa shape index (κ1) is 29.4. The van der Waals surface area contributed by atoms with E-state index in [4.69, 9.17) is 14.2 Å². The van der Waals surface area contributed by atoms with E-state index in [1.165, 1.54) is 31.4 Å². The van der Waals surface area contributed by atoms with Gasteiger partial charge in [0.1, 0.15) is 23.9 Å². The predicted molar refractivity (Wildman–Crippen MR) is 153 cm³/mol. The molecule has 1 fully saturated rings. The van der Waals surface area contributed by atoms with Crippen LogP contribution in [0.25, 0.3) is 10.9 Å². The van der Waals surface area contributed by atoms with Crippen LogP contribution in [0.4, 0.5) is 14.9 Å². The number of aromatic nitrogens is 1. The van der Waals surface area contributed by atoms with Gasteiger partial charge >= 0.3 is 6.03 Å². The van der Waals surface area contributed by atoms with Gasteiger partial charge in [-0.3, -0.25) is 9.88 Å². The second kappa shape index (κ2) is 13.6. The first-order valence-electron chi connectivity index (χ1n) is 13.7. The van der Waals surface area contributed by atoms with Crippen LogP contribution in [-0.2, 0) is 0 Å². The van der Waals surface area contributed by atoms with Gasteiger partial charge in [-0.1, -0.05) is 20.3 Å². The van der Waals surface area contributed by atoms with Gasteiger partial charge < -0.3 is 30.0 Å². The Kier molecular flexibility index (Phi) is 10.0. The summed E-state index contributed by atoms with van der Waals surface area (Å²) in [5.74, 6) is 1.28. The molecule has 0 radical (unpaired) electrons. The van der Waals surface area contributed by atoms with Crippen molar-refractivity contribution in [2.75, 3.05) is 51.8 Å². The van der Waals surface area contributed by atoms with E-state index in [2.05, 4.69) is 20.5 Å². The van der Waals surface area contributed by atoms with Crippen molar-refractivity contribution in [2.24, 2.45) is 5.41 Å². The number of piperidine rings is 1. The lowest BCUT2D eigenvalue weighted by molar-refractivity contribution is 0.150. The van der Waals surface area contributed by atoms with Gasteiger partial charge in [0.2, 0.25) is 0 Å². The molecule has 1 saturated heterocycles. The number of carbonyl (C=O) groups is 1. The number of pyridine rings is 1. The number of likely N-dealkylation sites (tertiary alicyclic amines) is 1. The van der Waals surface area contributed by atoms with E-state index in [1.54, 1.807) is 25.4 Å². The number of fused-ring (bicyclic) bond motifs is 1. The van der Waals surface area contributed by atoms with Crippen LogP contribution in [0, 0.1) is 11.2 Å². The van der Waals surface area contributed by atoms with Gasteiger partial charge in [0.25, 0.3) is 0 Å². The molecule has 0 saturated carbocycles. The van der Waals surface area contributed by atoms with Crippen molar-refractivity contribution < 1.29 is 28.5 Å². The molecule has 4 rings (SSSR count). The van der Waals surface area contributed by atoms with Crippen molar-refractivity contribution >= 4 is 22.6 Å². The van der Waals surface area contributed by atoms with E-state index >= 15 is 0 Å². The van der Waals surface area contributed by atoms with Crippen LogP contribution in [0.3, 0.4) is 0 Å². The summed E-state index contributed by atoms with van der Waals surface area (Å²) in [7, 11) is 1.58. The molecule has 9 nitrogen and oxygen atoms in total. The maximum Gasteiger partial charge on any atom is 0.319 e. The minimum atomic E-state index is -0.635. The molecule has 0 aliphatic carbocycles. The first-order chi connectivity index (χ1) is 19.3. The molecule has 2 heterocycles. The molecule has 0 unspecified atom stereocenters. The minimum Gasteiger partial charge on any atom is -0.493 e. The number of aliphatic hydroxyl groups is 1. The topological polar surface area (TPSA) is 105 Å². The molecule has 10 heteroatoms. The van der Waals surface area contributed by atoms with Crippen molar-refractivity contribution in [3.05, 3.63) is 48.4 Å². The molecule has 1 aromatic heterocycles. The van der Waals surface area contributed by atoms with Crippen LogP contribution in [-0.4, -0.2) is 67.5 Å². The molecule has 3 aromatic rings. The fourth-order valence-corrected chi connectivity index (χ4v) is 4.51. The summed E-state index contributed by atoms with van der Waals surface area (Å²) in [5.41, 5.74) is 0.380. The zero-order chi connectivity index (χ0) is 28.5. The van der Waals surface area contributed by atoms with Crippen LogP contribution in [0.1, 0.15) is 39.5 Å². The summed E-state index contributed by atoms with van der Waals surface area (Å²) < 4.78 is 32.5. The molecule has 2 amide bonds. The third-order valence-corrected chi connectivity index (χ3v) is 7.03. The Morgan fingerprint density at radius 2 is 1.90 bits per heavy atom. The van der Waals surface area contributed by atoms with Gasteiger partial charge in [-0.05, 0) is 62.0 Å². The molecular weight excluding hydrogens is 515 g/mol. The number of methoxy groups -OCH3 is 1. The van der Waals surface area contributed by atoms with Gasteiger partial charge in [-0.2, -0.15) is 0 Å². The summed E-state index contributed by atoms with van der Waals surface area (Å²) >= 11 is 0. The maximum atomic E-state index is 14.8. The number of halogens is 1. The van der Waals surface area contributed by atoms with Crippen molar-refractivity contribution in [1.29, 1.82) is 0 Å². The number of hydrogen-bond acceptors (Lipinski definition) is 7. The number of rotatable bonds is 12. The Labute approximate surface area is 234 Å². The lowest BCUT2D eigenvalue weighted by atomic mass is 9.91. The fourth-order valence-electron chi connectivity index (χ4n) is 4.51. The highest BCUT2D eigenvalue weighted by atomic mass is 19.1. The normalized spacial score (nSPS) is 14.1. The largest absolute Gasteiger partial charge is 0.493 e. The van der Waals surface area contributed by atoms with E-state index in [-0.39, 0.29) is 23.5 Å². The number of anilines is 1. The van der Waals surface area contributed by atoms with E-state index < -0.39 is 11.8 Å². The lowest BCUT2D eigenvalue weighted by Crippen LogP contribution is -2.33. The summed E-state index contributed by atoms with van der Waals surface area (Å²) in [4.78, 5) is 19.1. The van der Waals surface area contributed by atoms with Gasteiger partial charge in [0, 0.05) is 43.4 Å². The second-order valence-corrected chi connectivity index (χ2v) is 10.8. The number of amides is 2. The summed E-state index contributed by atoms with van der Waals surface area (Å²) in [6, 6.07) is 9.04. The number of hydrogen-bond donors (Lipinski definition) is 3. The Balaban J connectivity index is 1.41. The van der Waals surface area contributed by atoms with Crippen molar-refractivity contribution in [3.63, 3.8) is 0 Å². The summed E-state index contributed by atoms with van der Waals surface area (Å²) in [6.07, 6.45) is 5.96. The smallest absolute Gasteiger partial charge is 0.319 e. The van der Waals surface area contributed by atoms with Crippen molar-refractivity contribution in [1.82, 2.24) is 15.2 Å². The number of nitrogens with zero attached hydrogens (tertiary/aromatic N) is 2. The number of carbonyl (C=O) groups excluding carboxylic acids is 1. The molecule has 40 heavy (non-hydrogen) atoms. The van der Waals surface area contributed by atoms with Crippen LogP contribution >= 0.6 is 0 Å². The number of urea groups is 1. The van der Waals surface area contributed by atoms with E-state index in [0.29, 0.717) is 47.7 Å². The Morgan fingerprint density at radius 1 is 1.10 bits per heavy atom. The van der Waals surface area contributed by atoms with E-state index in [9.17, 15) is 14.3 Å². The number of aliphatic hydroxyl groups excluding tert-OH is 1. The van der Waals surface area contributed by atoms with Crippen LogP contribution < -0.4 is 24.8 Å². The molecular formula is C30H39FN4O5. The van der Waals surface area contributed by atoms with Gasteiger partial charge in [-0.25, -0.2) is 9.18 Å². The first-order valence-corrected chi connectivity index (χ1v) is 13.7. The molecule has 1 aliphatic heterocycles. The molecule has 0 spiro atoms. The van der Waals surface area contributed by atoms with Crippen LogP contribution in [0.2, 0.25) is 0 Å². The summed E-state index contributed by atoms with van der Waals surface area (Å²) in [5, 5.41) is 15.2. The van der Waals surface area contributed by atoms with E-state index in [1.807, 2.05) is 26.0 Å². The quantitative estimate of drug-likeness (QED) is 0.269. The molecule has 0 atom stereocenters. The maximum absolute atomic E-state index is 14.8. The highest BCUT2D eigenvalue weighted by Crippen LogP contribution is 2.37. The summed E-state index contributed by atoms with van der Waals surface area (Å²) in [6.45, 7) is 7.79. The standard InChI is InChI=1S/C30H39FN4O5/c1-30(2,20-36)10-12-33-29(37)34-24-8-7-21(17-23(24)31)40-26-9-11-32-25-19-28(27(38-3)18-22(25)26)39-16-15-35-13-5-4-6-14-35/h7-9,11,17-19,36H,4-6,10,12-16,20H2,1-3H3,(H2,33,34,37). The average molecular weight is 555 g/mol. The number of benzene rings is 2. The molecule has 1 aliphatic rings. The SMILES string of the molecule is COc1cc2c(Oc3ccc(NC(=O)NCCC(C)(C)CO)c(F)c3)ccnc2cc1OCCN1CCCCC1. The van der Waals surface area contributed by atoms with E-state index in [0.717, 1.165) is 19.6 Å². The molecule has 0 bridgehead atoms. The van der Waals surface area contributed by atoms with Gasteiger partial charge in [0.15, 0.2) is 11.5 Å². The third-order valence-electron chi connectivity index (χ3n) is 7.03. The van der Waals surface area contributed by atoms with Gasteiger partial charge in [0.05, 0.1) is 18.3 Å².